The lowest BCUT2D eigenvalue weighted by atomic mass is 10.1. The van der Waals surface area contributed by atoms with Crippen molar-refractivity contribution in [3.63, 3.8) is 0 Å². The number of ether oxygens (including phenoxy) is 1. The van der Waals surface area contributed by atoms with Crippen LogP contribution in [0.4, 0.5) is 13.2 Å². The van der Waals surface area contributed by atoms with Crippen LogP contribution < -0.4 is 4.74 Å². The maximum Gasteiger partial charge on any atom is 0.573 e. The largest absolute Gasteiger partial charge is 0.573 e. The number of hydrogen-bond donors (Lipinski definition) is 0. The monoisotopic (exact) mass is 316 g/mol. The first-order valence-corrected chi connectivity index (χ1v) is 5.13. The van der Waals surface area contributed by atoms with Crippen LogP contribution in [0.3, 0.4) is 0 Å². The minimum atomic E-state index is -4.87. The second-order valence-corrected chi connectivity index (χ2v) is 4.19. The first-order chi connectivity index (χ1) is 7.20. The average molecular weight is 317 g/mol. The zero-order chi connectivity index (χ0) is 12.5. The van der Waals surface area contributed by atoms with E-state index in [2.05, 4.69) is 20.7 Å². The summed E-state index contributed by atoms with van der Waals surface area (Å²) in [6.07, 6.45) is -4.87. The fraction of sp³-hybridized carbons (Fsp3) is 0.222. The number of benzene rings is 1. The van der Waals surface area contributed by atoms with Crippen molar-refractivity contribution in [2.45, 2.75) is 13.3 Å². The third kappa shape index (κ3) is 3.38. The zero-order valence-corrected chi connectivity index (χ0v) is 10.2. The fourth-order valence-corrected chi connectivity index (χ4v) is 2.01. The molecular formula is C9H5BrClF3O2. The molecule has 2 nitrogen and oxygen atoms in total. The molecule has 0 spiro atoms. The summed E-state index contributed by atoms with van der Waals surface area (Å²) in [7, 11) is 0. The summed E-state index contributed by atoms with van der Waals surface area (Å²) in [5, 5.41) is -0.0962. The Balaban J connectivity index is 3.30. The highest BCUT2D eigenvalue weighted by atomic mass is 79.9. The van der Waals surface area contributed by atoms with Crippen molar-refractivity contribution in [2.75, 3.05) is 0 Å². The predicted octanol–water partition coefficient (Wildman–Crippen LogP) is 4.20. The summed E-state index contributed by atoms with van der Waals surface area (Å²) in [4.78, 5) is 11.1. The molecule has 0 aliphatic carbocycles. The summed E-state index contributed by atoms with van der Waals surface area (Å²) in [5.41, 5.74) is -0.290. The number of carbonyl (C=O) groups is 1. The molecule has 0 fully saturated rings. The average Bonchev–Trinajstić information content (AvgIpc) is 1.96. The molecule has 1 rings (SSSR count). The highest BCUT2D eigenvalue weighted by Crippen LogP contribution is 2.34. The van der Waals surface area contributed by atoms with E-state index in [4.69, 9.17) is 11.6 Å². The van der Waals surface area contributed by atoms with Crippen molar-refractivity contribution >= 4 is 33.3 Å². The van der Waals surface area contributed by atoms with Crippen LogP contribution in [0.15, 0.2) is 16.6 Å². The van der Waals surface area contributed by atoms with Gasteiger partial charge in [-0.2, -0.15) is 0 Å². The molecule has 7 heteroatoms. The van der Waals surface area contributed by atoms with Gasteiger partial charge in [0.2, 0.25) is 0 Å². The van der Waals surface area contributed by atoms with Gasteiger partial charge >= 0.3 is 6.36 Å². The van der Waals surface area contributed by atoms with Crippen LogP contribution in [-0.4, -0.2) is 12.1 Å². The van der Waals surface area contributed by atoms with Gasteiger partial charge < -0.3 is 4.74 Å². The van der Waals surface area contributed by atoms with Crippen molar-refractivity contribution in [3.8, 4) is 5.75 Å². The molecule has 0 saturated heterocycles. The summed E-state index contributed by atoms with van der Waals surface area (Å²) in [6, 6.07) is 2.36. The number of halogens is 5. The Morgan fingerprint density at radius 3 is 2.44 bits per heavy atom. The van der Waals surface area contributed by atoms with E-state index < -0.39 is 17.9 Å². The summed E-state index contributed by atoms with van der Waals surface area (Å²) in [5.74, 6) is -1.21. The van der Waals surface area contributed by atoms with Crippen molar-refractivity contribution in [1.29, 1.82) is 0 Å². The molecule has 0 aliphatic rings. The van der Waals surface area contributed by atoms with E-state index in [-0.39, 0.29) is 10.6 Å². The standard InChI is InChI=1S/C9H5BrClF3O2/c1-4(15)8-6(11)2-5(10)3-7(8)16-9(12,13)14/h2-3H,1H3. The lowest BCUT2D eigenvalue weighted by Crippen LogP contribution is -2.19. The Labute approximate surface area is 102 Å². The zero-order valence-electron chi connectivity index (χ0n) is 7.86. The van der Waals surface area contributed by atoms with Crippen LogP contribution in [0.1, 0.15) is 17.3 Å². The minimum Gasteiger partial charge on any atom is -0.405 e. The lowest BCUT2D eigenvalue weighted by molar-refractivity contribution is -0.274. The molecule has 1 aromatic rings. The van der Waals surface area contributed by atoms with Crippen molar-refractivity contribution in [1.82, 2.24) is 0 Å². The van der Waals surface area contributed by atoms with Crippen molar-refractivity contribution < 1.29 is 22.7 Å². The molecule has 0 unspecified atom stereocenters. The molecular weight excluding hydrogens is 312 g/mol. The number of ketones is 1. The SMILES string of the molecule is CC(=O)c1c(Cl)cc(Br)cc1OC(F)(F)F. The molecule has 0 aliphatic heterocycles. The summed E-state index contributed by atoms with van der Waals surface area (Å²) >= 11 is 8.62. The molecule has 0 heterocycles. The van der Waals surface area contributed by atoms with Crippen LogP contribution in [-0.2, 0) is 0 Å². The Hall–Kier alpha value is -0.750. The van der Waals surface area contributed by atoms with Gasteiger partial charge in [-0.15, -0.1) is 13.2 Å². The molecule has 16 heavy (non-hydrogen) atoms. The maximum atomic E-state index is 12.1. The van der Waals surface area contributed by atoms with Gasteiger partial charge in [-0.05, 0) is 19.1 Å². The van der Waals surface area contributed by atoms with Crippen LogP contribution in [0, 0.1) is 0 Å². The fourth-order valence-electron chi connectivity index (χ4n) is 1.10. The molecule has 0 aromatic heterocycles. The molecule has 0 atom stereocenters. The van der Waals surface area contributed by atoms with E-state index in [1.165, 1.54) is 6.07 Å². The molecule has 0 saturated carbocycles. The summed E-state index contributed by atoms with van der Waals surface area (Å²) in [6.45, 7) is 1.11. The van der Waals surface area contributed by atoms with E-state index in [9.17, 15) is 18.0 Å². The first-order valence-electron chi connectivity index (χ1n) is 3.96. The van der Waals surface area contributed by atoms with Crippen LogP contribution in [0.25, 0.3) is 0 Å². The Bertz CT molecular complexity index is 431. The normalized spacial score (nSPS) is 11.4. The molecule has 1 aromatic carbocycles. The summed E-state index contributed by atoms with van der Waals surface area (Å²) < 4.78 is 40.2. The molecule has 88 valence electrons. The third-order valence-corrected chi connectivity index (χ3v) is 2.35. The van der Waals surface area contributed by atoms with E-state index in [1.807, 2.05) is 0 Å². The molecule has 0 N–H and O–H groups in total. The van der Waals surface area contributed by atoms with Gasteiger partial charge in [0.25, 0.3) is 0 Å². The second kappa shape index (κ2) is 4.63. The lowest BCUT2D eigenvalue weighted by Gasteiger charge is -2.13. The van der Waals surface area contributed by atoms with Gasteiger partial charge in [0.05, 0.1) is 10.6 Å². The highest BCUT2D eigenvalue weighted by molar-refractivity contribution is 9.10. The van der Waals surface area contributed by atoms with Crippen molar-refractivity contribution in [3.05, 3.63) is 27.2 Å². The number of alkyl halides is 3. The highest BCUT2D eigenvalue weighted by Gasteiger charge is 2.33. The van der Waals surface area contributed by atoms with E-state index in [0.29, 0.717) is 4.47 Å². The van der Waals surface area contributed by atoms with E-state index in [0.717, 1.165) is 13.0 Å². The van der Waals surface area contributed by atoms with Crippen LogP contribution >= 0.6 is 27.5 Å². The number of carbonyl (C=O) groups excluding carboxylic acids is 1. The van der Waals surface area contributed by atoms with Gasteiger partial charge in [0.15, 0.2) is 5.78 Å². The Morgan fingerprint density at radius 1 is 1.44 bits per heavy atom. The number of hydrogen-bond acceptors (Lipinski definition) is 2. The van der Waals surface area contributed by atoms with Gasteiger partial charge in [-0.25, -0.2) is 0 Å². The van der Waals surface area contributed by atoms with Gasteiger partial charge in [0, 0.05) is 4.47 Å². The number of rotatable bonds is 2. The molecule has 0 bridgehead atoms. The van der Waals surface area contributed by atoms with Crippen molar-refractivity contribution in [2.24, 2.45) is 0 Å². The van der Waals surface area contributed by atoms with Gasteiger partial charge in [0.1, 0.15) is 5.75 Å². The third-order valence-electron chi connectivity index (χ3n) is 1.60. The van der Waals surface area contributed by atoms with Crippen LogP contribution in [0.2, 0.25) is 5.02 Å². The van der Waals surface area contributed by atoms with E-state index >= 15 is 0 Å². The Morgan fingerprint density at radius 2 is 2.00 bits per heavy atom. The van der Waals surface area contributed by atoms with Gasteiger partial charge in [-0.1, -0.05) is 27.5 Å². The topological polar surface area (TPSA) is 26.3 Å². The second-order valence-electron chi connectivity index (χ2n) is 2.86. The van der Waals surface area contributed by atoms with E-state index in [1.54, 1.807) is 0 Å². The minimum absolute atomic E-state index is 0.0962. The maximum absolute atomic E-state index is 12.1. The predicted molar refractivity (Wildman–Crippen MR) is 55.8 cm³/mol. The smallest absolute Gasteiger partial charge is 0.405 e. The molecule has 0 radical (unpaired) electrons. The number of Topliss-reactive ketones (excluding diaryl/α,β-unsaturated/α-hetero) is 1. The van der Waals surface area contributed by atoms with Gasteiger partial charge in [-0.3, -0.25) is 4.79 Å². The van der Waals surface area contributed by atoms with Crippen LogP contribution in [0.5, 0.6) is 5.75 Å². The first kappa shape index (κ1) is 13.3. The molecule has 0 amide bonds. The Kier molecular flexibility index (Phi) is 3.85. The quantitative estimate of drug-likeness (QED) is 0.764.